The van der Waals surface area contributed by atoms with E-state index in [1.54, 1.807) is 34.1 Å². The van der Waals surface area contributed by atoms with Gasteiger partial charge in [0.15, 0.2) is 0 Å². The minimum Gasteiger partial charge on any atom is -0.507 e. The minimum atomic E-state index is -0.461. The van der Waals surface area contributed by atoms with E-state index in [-0.39, 0.29) is 48.0 Å². The molecule has 2 aliphatic heterocycles. The van der Waals surface area contributed by atoms with Crippen molar-refractivity contribution in [3.63, 3.8) is 0 Å². The molecule has 0 spiro atoms. The molecule has 2 amide bonds. The minimum absolute atomic E-state index is 0.0548. The standard InChI is InChI=1S/C38H35Cl2N3O4/c1-21-5-4-8-29-33(45)16-31-38(36(21)29)25(18-40)20-43(31)35(47)14-23(22-9-11-26(41)12-10-22)13-34(46)42-19-24(17-39)37-28-7-3-2-6-27(28)32(44)15-30(37)42/h2-12,15-16,23-25,44-45H,13-14,17-20,41H2,1H3. The van der Waals surface area contributed by atoms with Gasteiger partial charge in [-0.15, -0.1) is 23.2 Å². The van der Waals surface area contributed by atoms with Gasteiger partial charge in [-0.1, -0.05) is 54.6 Å². The second-order valence-electron chi connectivity index (χ2n) is 12.7. The number of benzene rings is 5. The van der Waals surface area contributed by atoms with Gasteiger partial charge in [-0.05, 0) is 52.1 Å². The summed E-state index contributed by atoms with van der Waals surface area (Å²) in [4.78, 5) is 31.9. The molecule has 0 fully saturated rings. The summed E-state index contributed by atoms with van der Waals surface area (Å²) in [5.74, 6) is -0.135. The van der Waals surface area contributed by atoms with Gasteiger partial charge < -0.3 is 25.7 Å². The number of hydrogen-bond acceptors (Lipinski definition) is 5. The molecule has 0 saturated carbocycles. The summed E-state index contributed by atoms with van der Waals surface area (Å²) in [6, 6.07) is 24.0. The van der Waals surface area contributed by atoms with Crippen molar-refractivity contribution >= 4 is 73.6 Å². The molecule has 0 saturated heterocycles. The number of hydrogen-bond donors (Lipinski definition) is 3. The van der Waals surface area contributed by atoms with Crippen LogP contribution in [0.2, 0.25) is 0 Å². The Morgan fingerprint density at radius 2 is 1.30 bits per heavy atom. The van der Waals surface area contributed by atoms with Gasteiger partial charge in [0, 0.05) is 84.0 Å². The van der Waals surface area contributed by atoms with Crippen LogP contribution in [0.15, 0.2) is 78.9 Å². The molecule has 0 aliphatic carbocycles. The fourth-order valence-corrected chi connectivity index (χ4v) is 8.07. The molecule has 0 aromatic heterocycles. The summed E-state index contributed by atoms with van der Waals surface area (Å²) in [6.07, 6.45) is 0.110. The van der Waals surface area contributed by atoms with Gasteiger partial charge >= 0.3 is 0 Å². The third-order valence-electron chi connectivity index (χ3n) is 9.84. The van der Waals surface area contributed by atoms with Crippen LogP contribution >= 0.6 is 23.2 Å². The van der Waals surface area contributed by atoms with Gasteiger partial charge in [-0.2, -0.15) is 0 Å². The molecule has 0 radical (unpaired) electrons. The van der Waals surface area contributed by atoms with Crippen molar-refractivity contribution in [1.82, 2.24) is 0 Å². The molecule has 2 heterocycles. The summed E-state index contributed by atoms with van der Waals surface area (Å²) in [7, 11) is 0. The zero-order chi connectivity index (χ0) is 33.0. The van der Waals surface area contributed by atoms with E-state index in [2.05, 4.69) is 0 Å². The van der Waals surface area contributed by atoms with Crippen molar-refractivity contribution < 1.29 is 19.8 Å². The predicted molar refractivity (Wildman–Crippen MR) is 190 cm³/mol. The number of nitrogens with zero attached hydrogens (tertiary/aromatic N) is 2. The SMILES string of the molecule is Cc1cccc2c(O)cc3c(c12)C(CCl)CN3C(=O)CC(CC(=O)N1CC(CCl)c2c1cc(O)c1ccccc21)c1ccc(N)cc1. The van der Waals surface area contributed by atoms with E-state index < -0.39 is 5.92 Å². The number of rotatable bonds is 7. The highest BCUT2D eigenvalue weighted by atomic mass is 35.5. The highest BCUT2D eigenvalue weighted by molar-refractivity contribution is 6.19. The van der Waals surface area contributed by atoms with Crippen LogP contribution < -0.4 is 15.5 Å². The van der Waals surface area contributed by atoms with Gasteiger partial charge in [0.05, 0.1) is 11.4 Å². The number of anilines is 3. The number of phenolic OH excluding ortho intramolecular Hbond substituents is 2. The molecule has 3 unspecified atom stereocenters. The number of aromatic hydroxyl groups is 2. The van der Waals surface area contributed by atoms with Gasteiger partial charge in [0.25, 0.3) is 0 Å². The highest BCUT2D eigenvalue weighted by Crippen LogP contribution is 2.48. The third-order valence-corrected chi connectivity index (χ3v) is 10.6. The number of alkyl halides is 2. The number of nitrogen functional groups attached to an aromatic ring is 1. The van der Waals surface area contributed by atoms with Gasteiger partial charge in [0.2, 0.25) is 11.8 Å². The van der Waals surface area contributed by atoms with Crippen LogP contribution in [0.1, 0.15) is 52.8 Å². The number of nitrogens with two attached hydrogens (primary N) is 1. The first-order valence-corrected chi connectivity index (χ1v) is 16.8. The Morgan fingerprint density at radius 1 is 0.766 bits per heavy atom. The summed E-state index contributed by atoms with van der Waals surface area (Å²) in [5.41, 5.74) is 11.6. The van der Waals surface area contributed by atoms with E-state index in [9.17, 15) is 19.8 Å². The largest absolute Gasteiger partial charge is 0.507 e. The van der Waals surface area contributed by atoms with E-state index >= 15 is 0 Å². The maximum Gasteiger partial charge on any atom is 0.227 e. The van der Waals surface area contributed by atoms with Crippen LogP contribution in [0.25, 0.3) is 21.5 Å². The molecule has 5 aromatic rings. The molecule has 7 nitrogen and oxygen atoms in total. The van der Waals surface area contributed by atoms with E-state index in [0.717, 1.165) is 43.8 Å². The maximum absolute atomic E-state index is 14.2. The van der Waals surface area contributed by atoms with Crippen molar-refractivity contribution in [3.8, 4) is 11.5 Å². The van der Waals surface area contributed by atoms with Crippen LogP contribution in [0.5, 0.6) is 11.5 Å². The number of amides is 2. The molecule has 9 heteroatoms. The van der Waals surface area contributed by atoms with Crippen LogP contribution in [-0.4, -0.2) is 46.9 Å². The van der Waals surface area contributed by atoms with Crippen LogP contribution in [0.3, 0.4) is 0 Å². The summed E-state index contributed by atoms with van der Waals surface area (Å²) < 4.78 is 0. The third kappa shape index (κ3) is 5.31. The number of halogens is 2. The monoisotopic (exact) mass is 667 g/mol. The van der Waals surface area contributed by atoms with Crippen LogP contribution in [-0.2, 0) is 9.59 Å². The number of aryl methyl sites for hydroxylation is 1. The first kappa shape index (κ1) is 31.2. The number of phenols is 2. The molecular formula is C38H35Cl2N3O4. The fraction of sp³-hybridized carbons (Fsp3) is 0.263. The second kappa shape index (κ2) is 12.3. The molecular weight excluding hydrogens is 633 g/mol. The van der Waals surface area contributed by atoms with Gasteiger partial charge in [-0.3, -0.25) is 9.59 Å². The second-order valence-corrected chi connectivity index (χ2v) is 13.3. The molecule has 4 N–H and O–H groups in total. The van der Waals surface area contributed by atoms with Crippen molar-refractivity contribution in [2.45, 2.75) is 37.5 Å². The van der Waals surface area contributed by atoms with Crippen LogP contribution in [0, 0.1) is 6.92 Å². The van der Waals surface area contributed by atoms with Crippen molar-refractivity contribution in [1.29, 1.82) is 0 Å². The fourth-order valence-electron chi connectivity index (χ4n) is 7.57. The number of carbonyl (C=O) groups excluding carboxylic acids is 2. The summed E-state index contributed by atoms with van der Waals surface area (Å²) >= 11 is 12.9. The number of carbonyl (C=O) groups is 2. The van der Waals surface area contributed by atoms with E-state index in [1.165, 1.54) is 0 Å². The molecule has 7 rings (SSSR count). The maximum atomic E-state index is 14.2. The van der Waals surface area contributed by atoms with Crippen LogP contribution in [0.4, 0.5) is 17.1 Å². The smallest absolute Gasteiger partial charge is 0.227 e. The van der Waals surface area contributed by atoms with Gasteiger partial charge in [-0.25, -0.2) is 0 Å². The highest BCUT2D eigenvalue weighted by Gasteiger charge is 2.38. The molecule has 3 atom stereocenters. The summed E-state index contributed by atoms with van der Waals surface area (Å²) in [5, 5.41) is 25.1. The summed E-state index contributed by atoms with van der Waals surface area (Å²) in [6.45, 7) is 2.76. The molecule has 5 aromatic carbocycles. The average Bonchev–Trinajstić information content (AvgIpc) is 3.63. The quantitative estimate of drug-likeness (QED) is 0.121. The average molecular weight is 669 g/mol. The topological polar surface area (TPSA) is 107 Å². The van der Waals surface area contributed by atoms with Crippen molar-refractivity contribution in [2.24, 2.45) is 0 Å². The lowest BCUT2D eigenvalue weighted by atomic mass is 9.91. The predicted octanol–water partition coefficient (Wildman–Crippen LogP) is 7.90. The zero-order valence-electron chi connectivity index (χ0n) is 25.9. The molecule has 47 heavy (non-hydrogen) atoms. The Labute approximate surface area is 283 Å². The van der Waals surface area contributed by atoms with E-state index in [0.29, 0.717) is 41.9 Å². The molecule has 2 aliphatic rings. The Morgan fingerprint density at radius 3 is 1.91 bits per heavy atom. The van der Waals surface area contributed by atoms with Crippen molar-refractivity contribution in [3.05, 3.63) is 101 Å². The Bertz CT molecular complexity index is 2050. The lowest BCUT2D eigenvalue weighted by molar-refractivity contribution is -0.120. The first-order valence-electron chi connectivity index (χ1n) is 15.8. The Balaban J connectivity index is 1.23. The van der Waals surface area contributed by atoms with Gasteiger partial charge in [0.1, 0.15) is 11.5 Å². The van der Waals surface area contributed by atoms with Crippen molar-refractivity contribution in [2.75, 3.05) is 40.4 Å². The molecule has 240 valence electrons. The van der Waals surface area contributed by atoms with E-state index in [1.807, 2.05) is 61.5 Å². The van der Waals surface area contributed by atoms with E-state index in [4.69, 9.17) is 28.9 Å². The molecule has 0 bridgehead atoms. The lowest BCUT2D eigenvalue weighted by Gasteiger charge is -2.25. The zero-order valence-corrected chi connectivity index (χ0v) is 27.4. The Hall–Kier alpha value is -4.46. The first-order chi connectivity index (χ1) is 22.7. The lowest BCUT2D eigenvalue weighted by Crippen LogP contribution is -2.34. The Kier molecular flexibility index (Phi) is 8.14. The normalized spacial score (nSPS) is 17.7. The number of fused-ring (bicyclic) bond motifs is 6.